The molecule has 0 fully saturated rings. The summed E-state index contributed by atoms with van der Waals surface area (Å²) in [5, 5.41) is 10.1. The van der Waals surface area contributed by atoms with Crippen molar-refractivity contribution in [2.24, 2.45) is 0 Å². The first kappa shape index (κ1) is 11.9. The van der Waals surface area contributed by atoms with Gasteiger partial charge in [-0.05, 0) is 30.3 Å². The number of hydrogen-bond acceptors (Lipinski definition) is 4. The normalized spacial score (nSPS) is 12.7. The Morgan fingerprint density at radius 3 is 2.84 bits per heavy atom. The summed E-state index contributed by atoms with van der Waals surface area (Å²) >= 11 is 0. The van der Waals surface area contributed by atoms with Gasteiger partial charge in [-0.2, -0.15) is 4.73 Å². The molecular weight excluding hydrogens is 262 g/mol. The Morgan fingerprint density at radius 2 is 2.16 bits per heavy atom. The number of nitrogens with zero attached hydrogens (tertiary/aromatic N) is 3. The molecule has 0 aliphatic heterocycles. The minimum absolute atomic E-state index is 0.419. The lowest BCUT2D eigenvalue weighted by Gasteiger charge is -1.99. The van der Waals surface area contributed by atoms with Crippen LogP contribution in [0.5, 0.6) is 0 Å². The van der Waals surface area contributed by atoms with Crippen molar-refractivity contribution in [3.05, 3.63) is 42.7 Å². The van der Waals surface area contributed by atoms with Gasteiger partial charge in [-0.15, -0.1) is 0 Å². The largest absolute Gasteiger partial charge is 0.426 e. The Bertz CT molecular complexity index is 768. The van der Waals surface area contributed by atoms with E-state index in [1.807, 2.05) is 6.07 Å². The van der Waals surface area contributed by atoms with Gasteiger partial charge >= 0.3 is 0 Å². The zero-order valence-electron chi connectivity index (χ0n) is 10.1. The van der Waals surface area contributed by atoms with Crippen LogP contribution in [0.3, 0.4) is 0 Å². The highest BCUT2D eigenvalue weighted by Crippen LogP contribution is 2.24. The molecule has 2 aromatic heterocycles. The Kier molecular flexibility index (Phi) is 2.79. The van der Waals surface area contributed by atoms with E-state index in [-0.39, 0.29) is 0 Å². The monoisotopic (exact) mass is 273 g/mol. The molecule has 3 rings (SSSR count). The first-order chi connectivity index (χ1) is 9.16. The number of pyridine rings is 1. The average Bonchev–Trinajstić information content (AvgIpc) is 2.76. The zero-order valence-corrected chi connectivity index (χ0v) is 11.0. The summed E-state index contributed by atoms with van der Waals surface area (Å²) in [4.78, 5) is 9.05. The lowest BCUT2D eigenvalue weighted by atomic mass is 10.3. The predicted octanol–water partition coefficient (Wildman–Crippen LogP) is 2.07. The van der Waals surface area contributed by atoms with Crippen molar-refractivity contribution < 1.29 is 9.42 Å². The molecule has 0 amide bonds. The van der Waals surface area contributed by atoms with Crippen molar-refractivity contribution >= 4 is 21.8 Å². The van der Waals surface area contributed by atoms with Crippen molar-refractivity contribution in [1.82, 2.24) is 14.7 Å². The summed E-state index contributed by atoms with van der Waals surface area (Å²) in [6.07, 6.45) is 4.90. The van der Waals surface area contributed by atoms with Gasteiger partial charge in [0, 0.05) is 39.9 Å². The molecule has 0 saturated heterocycles. The topological polar surface area (TPSA) is 68.0 Å². The van der Waals surface area contributed by atoms with Crippen molar-refractivity contribution in [1.29, 1.82) is 0 Å². The summed E-state index contributed by atoms with van der Waals surface area (Å²) in [6.45, 7) is 0. The fraction of sp³-hybridized carbons (Fsp3) is 0.0769. The van der Waals surface area contributed by atoms with Crippen LogP contribution in [0.25, 0.3) is 22.4 Å². The molecule has 0 aliphatic carbocycles. The van der Waals surface area contributed by atoms with Gasteiger partial charge in [0.1, 0.15) is 5.52 Å². The molecule has 19 heavy (non-hydrogen) atoms. The number of imidazole rings is 1. The Hall–Kier alpha value is -2.21. The molecule has 1 atom stereocenters. The Balaban J connectivity index is 2.23. The third-order valence-electron chi connectivity index (χ3n) is 2.85. The SMILES string of the molecule is CS(=O)c1ccc2c(c1)nc(-c1cccnc1)n2O. The van der Waals surface area contributed by atoms with Gasteiger partial charge in [-0.1, -0.05) is 0 Å². The highest BCUT2D eigenvalue weighted by atomic mass is 32.2. The van der Waals surface area contributed by atoms with E-state index >= 15 is 0 Å². The second kappa shape index (κ2) is 4.47. The summed E-state index contributed by atoms with van der Waals surface area (Å²) in [5.41, 5.74) is 1.91. The molecule has 0 radical (unpaired) electrons. The van der Waals surface area contributed by atoms with Gasteiger partial charge < -0.3 is 5.21 Å². The second-order valence-electron chi connectivity index (χ2n) is 4.09. The quantitative estimate of drug-likeness (QED) is 0.726. The Morgan fingerprint density at radius 1 is 1.32 bits per heavy atom. The van der Waals surface area contributed by atoms with Crippen molar-refractivity contribution in [2.45, 2.75) is 4.90 Å². The van der Waals surface area contributed by atoms with Crippen molar-refractivity contribution in [3.63, 3.8) is 0 Å². The molecule has 1 N–H and O–H groups in total. The van der Waals surface area contributed by atoms with Gasteiger partial charge in [0.25, 0.3) is 0 Å². The minimum Gasteiger partial charge on any atom is -0.426 e. The minimum atomic E-state index is -1.07. The van der Waals surface area contributed by atoms with Gasteiger partial charge in [0.15, 0.2) is 5.82 Å². The third-order valence-corrected chi connectivity index (χ3v) is 3.77. The number of aromatic nitrogens is 3. The van der Waals surface area contributed by atoms with Crippen LogP contribution in [0.4, 0.5) is 0 Å². The first-order valence-corrected chi connectivity index (χ1v) is 7.18. The average molecular weight is 273 g/mol. The van der Waals surface area contributed by atoms with E-state index in [2.05, 4.69) is 9.97 Å². The smallest absolute Gasteiger partial charge is 0.178 e. The lowest BCUT2D eigenvalue weighted by molar-refractivity contribution is 0.203. The van der Waals surface area contributed by atoms with Crippen LogP contribution in [0.2, 0.25) is 0 Å². The lowest BCUT2D eigenvalue weighted by Crippen LogP contribution is -1.94. The standard InChI is InChI=1S/C13H11N3O2S/c1-19(18)10-4-5-12-11(7-10)15-13(16(12)17)9-3-2-6-14-8-9/h2-8,17H,1H3. The van der Waals surface area contributed by atoms with Gasteiger partial charge in [0.05, 0.1) is 5.52 Å². The van der Waals surface area contributed by atoms with Crippen LogP contribution in [-0.2, 0) is 10.8 Å². The van der Waals surface area contributed by atoms with E-state index in [0.29, 0.717) is 21.8 Å². The predicted molar refractivity (Wildman–Crippen MR) is 72.5 cm³/mol. The van der Waals surface area contributed by atoms with E-state index in [1.165, 1.54) is 0 Å². The van der Waals surface area contributed by atoms with Crippen LogP contribution in [0.15, 0.2) is 47.6 Å². The zero-order chi connectivity index (χ0) is 13.4. The molecule has 96 valence electrons. The summed E-state index contributed by atoms with van der Waals surface area (Å²) in [7, 11) is -1.07. The summed E-state index contributed by atoms with van der Waals surface area (Å²) in [6, 6.07) is 8.75. The van der Waals surface area contributed by atoms with Crippen LogP contribution < -0.4 is 0 Å². The molecule has 2 heterocycles. The molecule has 0 aliphatic rings. The van der Waals surface area contributed by atoms with Gasteiger partial charge in [-0.25, -0.2) is 4.98 Å². The highest BCUT2D eigenvalue weighted by Gasteiger charge is 2.13. The Labute approximate surface area is 112 Å². The van der Waals surface area contributed by atoms with E-state index in [1.54, 1.807) is 42.9 Å². The van der Waals surface area contributed by atoms with Crippen LogP contribution >= 0.6 is 0 Å². The number of rotatable bonds is 2. The first-order valence-electron chi connectivity index (χ1n) is 5.62. The summed E-state index contributed by atoms with van der Waals surface area (Å²) < 4.78 is 12.5. The fourth-order valence-electron chi connectivity index (χ4n) is 1.91. The maximum atomic E-state index is 11.5. The molecule has 0 spiro atoms. The number of fused-ring (bicyclic) bond motifs is 1. The van der Waals surface area contributed by atoms with E-state index in [0.717, 1.165) is 10.3 Å². The molecule has 5 nitrogen and oxygen atoms in total. The molecule has 6 heteroatoms. The molecule has 0 saturated carbocycles. The number of hydrogen-bond donors (Lipinski definition) is 1. The van der Waals surface area contributed by atoms with Crippen molar-refractivity contribution in [2.75, 3.05) is 6.26 Å². The van der Waals surface area contributed by atoms with Crippen LogP contribution in [-0.4, -0.2) is 30.4 Å². The molecule has 0 bridgehead atoms. The van der Waals surface area contributed by atoms with Gasteiger partial charge in [0.2, 0.25) is 0 Å². The highest BCUT2D eigenvalue weighted by molar-refractivity contribution is 7.84. The second-order valence-corrected chi connectivity index (χ2v) is 5.47. The maximum absolute atomic E-state index is 11.5. The molecular formula is C13H11N3O2S. The van der Waals surface area contributed by atoms with Crippen LogP contribution in [0, 0.1) is 0 Å². The van der Waals surface area contributed by atoms with Crippen LogP contribution in [0.1, 0.15) is 0 Å². The maximum Gasteiger partial charge on any atom is 0.178 e. The van der Waals surface area contributed by atoms with Gasteiger partial charge in [-0.3, -0.25) is 9.19 Å². The van der Waals surface area contributed by atoms with Crippen molar-refractivity contribution in [3.8, 4) is 11.4 Å². The summed E-state index contributed by atoms with van der Waals surface area (Å²) in [5.74, 6) is 0.419. The van der Waals surface area contributed by atoms with E-state index < -0.39 is 10.8 Å². The fourth-order valence-corrected chi connectivity index (χ4v) is 2.45. The molecule has 1 unspecified atom stereocenters. The van der Waals surface area contributed by atoms with E-state index in [4.69, 9.17) is 0 Å². The number of benzene rings is 1. The molecule has 1 aromatic carbocycles. The third kappa shape index (κ3) is 2.00. The molecule has 3 aromatic rings. The van der Waals surface area contributed by atoms with E-state index in [9.17, 15) is 9.42 Å².